The highest BCUT2D eigenvalue weighted by atomic mass is 16.1. The van der Waals surface area contributed by atoms with E-state index in [0.717, 1.165) is 16.7 Å². The molecule has 0 fully saturated rings. The summed E-state index contributed by atoms with van der Waals surface area (Å²) in [5.74, 6) is -0.144. The number of benzene rings is 3. The predicted octanol–water partition coefficient (Wildman–Crippen LogP) is 4.09. The first kappa shape index (κ1) is 18.4. The molecule has 0 aliphatic carbocycles. The lowest BCUT2D eigenvalue weighted by atomic mass is 9.85. The molecule has 0 unspecified atom stereocenters. The summed E-state index contributed by atoms with van der Waals surface area (Å²) in [7, 11) is 0. The van der Waals surface area contributed by atoms with Crippen molar-refractivity contribution in [2.45, 2.75) is 24.8 Å². The van der Waals surface area contributed by atoms with Crippen LogP contribution in [0.15, 0.2) is 91.0 Å². The Morgan fingerprint density at radius 1 is 0.741 bits per heavy atom. The van der Waals surface area contributed by atoms with E-state index in [1.54, 1.807) is 0 Å². The zero-order valence-electron chi connectivity index (χ0n) is 15.1. The van der Waals surface area contributed by atoms with E-state index < -0.39 is 5.54 Å². The van der Waals surface area contributed by atoms with E-state index in [-0.39, 0.29) is 12.3 Å². The van der Waals surface area contributed by atoms with Gasteiger partial charge in [-0.25, -0.2) is 0 Å². The van der Waals surface area contributed by atoms with Gasteiger partial charge in [-0.05, 0) is 16.7 Å². The highest BCUT2D eigenvalue weighted by Gasteiger charge is 2.32. The Hall–Kier alpha value is -3.38. The Morgan fingerprint density at radius 3 is 1.56 bits per heavy atom. The van der Waals surface area contributed by atoms with Gasteiger partial charge in [-0.1, -0.05) is 91.0 Å². The van der Waals surface area contributed by atoms with Crippen molar-refractivity contribution in [2.75, 3.05) is 0 Å². The Bertz CT molecular complexity index is 858. The lowest BCUT2D eigenvalue weighted by Crippen LogP contribution is -2.51. The molecule has 1 amide bonds. The first-order valence-electron chi connectivity index (χ1n) is 9.03. The zero-order valence-corrected chi connectivity index (χ0v) is 15.1. The quantitative estimate of drug-likeness (QED) is 0.695. The van der Waals surface area contributed by atoms with Crippen molar-refractivity contribution in [3.63, 3.8) is 0 Å². The molecule has 0 atom stereocenters. The van der Waals surface area contributed by atoms with Crippen LogP contribution in [0, 0.1) is 11.3 Å². The molecule has 3 heteroatoms. The van der Waals surface area contributed by atoms with Gasteiger partial charge in [-0.2, -0.15) is 5.26 Å². The summed E-state index contributed by atoms with van der Waals surface area (Å²) >= 11 is 0. The maximum absolute atomic E-state index is 12.7. The summed E-state index contributed by atoms with van der Waals surface area (Å²) < 4.78 is 0. The SMILES string of the molecule is N#CC(Cc1ccccc1)(Cc1ccccc1)NC(=O)Cc1ccccc1. The Balaban J connectivity index is 1.83. The van der Waals surface area contributed by atoms with Crippen LogP contribution in [0.25, 0.3) is 0 Å². The molecule has 0 bridgehead atoms. The zero-order chi connectivity index (χ0) is 19.0. The second kappa shape index (κ2) is 8.82. The number of hydrogen-bond acceptors (Lipinski definition) is 2. The Labute approximate surface area is 160 Å². The molecule has 0 radical (unpaired) electrons. The van der Waals surface area contributed by atoms with Crippen molar-refractivity contribution in [1.29, 1.82) is 5.26 Å². The maximum Gasteiger partial charge on any atom is 0.225 e. The van der Waals surface area contributed by atoms with E-state index in [1.165, 1.54) is 0 Å². The van der Waals surface area contributed by atoms with Gasteiger partial charge in [0.2, 0.25) is 5.91 Å². The van der Waals surface area contributed by atoms with Gasteiger partial charge in [0, 0.05) is 12.8 Å². The maximum atomic E-state index is 12.7. The average molecular weight is 354 g/mol. The average Bonchev–Trinajstić information content (AvgIpc) is 2.70. The number of amides is 1. The molecule has 3 aromatic carbocycles. The van der Waals surface area contributed by atoms with Gasteiger partial charge in [0.05, 0.1) is 12.5 Å². The van der Waals surface area contributed by atoms with Crippen LogP contribution < -0.4 is 5.32 Å². The lowest BCUT2D eigenvalue weighted by molar-refractivity contribution is -0.121. The fourth-order valence-corrected chi connectivity index (χ4v) is 3.24. The van der Waals surface area contributed by atoms with Crippen LogP contribution in [0.2, 0.25) is 0 Å². The monoisotopic (exact) mass is 354 g/mol. The molecule has 0 heterocycles. The number of hydrogen-bond donors (Lipinski definition) is 1. The topological polar surface area (TPSA) is 52.9 Å². The van der Waals surface area contributed by atoms with Gasteiger partial charge in [0.25, 0.3) is 0 Å². The largest absolute Gasteiger partial charge is 0.337 e. The van der Waals surface area contributed by atoms with E-state index >= 15 is 0 Å². The molecule has 3 aromatic rings. The van der Waals surface area contributed by atoms with Gasteiger partial charge in [-0.3, -0.25) is 4.79 Å². The van der Waals surface area contributed by atoms with Crippen LogP contribution in [0.5, 0.6) is 0 Å². The van der Waals surface area contributed by atoms with E-state index in [1.807, 2.05) is 91.0 Å². The van der Waals surface area contributed by atoms with Crippen LogP contribution in [0.4, 0.5) is 0 Å². The highest BCUT2D eigenvalue weighted by molar-refractivity contribution is 5.80. The van der Waals surface area contributed by atoms with Gasteiger partial charge >= 0.3 is 0 Å². The molecular weight excluding hydrogens is 332 g/mol. The molecule has 27 heavy (non-hydrogen) atoms. The summed E-state index contributed by atoms with van der Waals surface area (Å²) in [5, 5.41) is 13.1. The molecule has 3 nitrogen and oxygen atoms in total. The third-order valence-electron chi connectivity index (χ3n) is 4.50. The molecule has 0 spiro atoms. The molecule has 0 aliphatic heterocycles. The number of nitrogens with zero attached hydrogens (tertiary/aromatic N) is 1. The first-order valence-corrected chi connectivity index (χ1v) is 9.03. The van der Waals surface area contributed by atoms with Gasteiger partial charge in [-0.15, -0.1) is 0 Å². The standard InChI is InChI=1S/C24H22N2O/c25-19-24(17-21-12-6-2-7-13-21,18-22-14-8-3-9-15-22)26-23(27)16-20-10-4-1-5-11-20/h1-15H,16-18H2,(H,26,27). The minimum atomic E-state index is -0.991. The normalized spacial score (nSPS) is 10.8. The van der Waals surface area contributed by atoms with Crippen molar-refractivity contribution in [3.05, 3.63) is 108 Å². The fraction of sp³-hybridized carbons (Fsp3) is 0.167. The molecule has 0 saturated heterocycles. The number of rotatable bonds is 7. The van der Waals surface area contributed by atoms with Crippen molar-refractivity contribution < 1.29 is 4.79 Å². The van der Waals surface area contributed by atoms with E-state index in [9.17, 15) is 10.1 Å². The summed E-state index contributed by atoms with van der Waals surface area (Å²) in [5.41, 5.74) is 1.99. The molecule has 0 aromatic heterocycles. The van der Waals surface area contributed by atoms with E-state index in [4.69, 9.17) is 0 Å². The molecule has 0 saturated carbocycles. The minimum Gasteiger partial charge on any atom is -0.337 e. The second-order valence-corrected chi connectivity index (χ2v) is 6.73. The summed E-state index contributed by atoms with van der Waals surface area (Å²) in [6, 6.07) is 31.6. The summed E-state index contributed by atoms with van der Waals surface area (Å²) in [4.78, 5) is 12.7. The van der Waals surface area contributed by atoms with Crippen molar-refractivity contribution in [3.8, 4) is 6.07 Å². The van der Waals surface area contributed by atoms with Crippen molar-refractivity contribution >= 4 is 5.91 Å². The molecule has 1 N–H and O–H groups in total. The molecule has 134 valence electrons. The van der Waals surface area contributed by atoms with Crippen molar-refractivity contribution in [2.24, 2.45) is 0 Å². The Morgan fingerprint density at radius 2 is 1.15 bits per heavy atom. The lowest BCUT2D eigenvalue weighted by Gasteiger charge is -2.28. The summed E-state index contributed by atoms with van der Waals surface area (Å²) in [6.07, 6.45) is 1.17. The van der Waals surface area contributed by atoms with Crippen LogP contribution in [-0.2, 0) is 24.1 Å². The second-order valence-electron chi connectivity index (χ2n) is 6.73. The minimum absolute atomic E-state index is 0.144. The number of carbonyl (C=O) groups is 1. The molecule has 3 rings (SSSR count). The first-order chi connectivity index (χ1) is 13.2. The van der Waals surface area contributed by atoms with Gasteiger partial charge in [0.15, 0.2) is 0 Å². The third-order valence-corrected chi connectivity index (χ3v) is 4.50. The van der Waals surface area contributed by atoms with Crippen LogP contribution in [-0.4, -0.2) is 11.4 Å². The van der Waals surface area contributed by atoms with Gasteiger partial charge < -0.3 is 5.32 Å². The fourth-order valence-electron chi connectivity index (χ4n) is 3.24. The van der Waals surface area contributed by atoms with E-state index in [0.29, 0.717) is 12.8 Å². The third kappa shape index (κ3) is 5.29. The number of nitriles is 1. The molecular formula is C24H22N2O. The number of carbonyl (C=O) groups excluding carboxylic acids is 1. The Kier molecular flexibility index (Phi) is 6.02. The van der Waals surface area contributed by atoms with Crippen LogP contribution >= 0.6 is 0 Å². The van der Waals surface area contributed by atoms with Gasteiger partial charge in [0.1, 0.15) is 5.54 Å². The van der Waals surface area contributed by atoms with Crippen LogP contribution in [0.3, 0.4) is 0 Å². The molecule has 0 aliphatic rings. The van der Waals surface area contributed by atoms with Crippen molar-refractivity contribution in [1.82, 2.24) is 5.32 Å². The number of nitrogens with one attached hydrogen (secondary N) is 1. The smallest absolute Gasteiger partial charge is 0.225 e. The predicted molar refractivity (Wildman–Crippen MR) is 107 cm³/mol. The summed E-state index contributed by atoms with van der Waals surface area (Å²) in [6.45, 7) is 0. The van der Waals surface area contributed by atoms with E-state index in [2.05, 4.69) is 11.4 Å². The van der Waals surface area contributed by atoms with Crippen LogP contribution in [0.1, 0.15) is 16.7 Å². The highest BCUT2D eigenvalue weighted by Crippen LogP contribution is 2.20.